The molecule has 2 atom stereocenters. The minimum atomic E-state index is -0.0417. The van der Waals surface area contributed by atoms with Crippen molar-refractivity contribution in [3.63, 3.8) is 0 Å². The third-order valence-electron chi connectivity index (χ3n) is 1.55. The Morgan fingerprint density at radius 3 is 2.44 bits per heavy atom. The molecule has 0 aromatic heterocycles. The molecule has 9 heavy (non-hydrogen) atoms. The van der Waals surface area contributed by atoms with Crippen molar-refractivity contribution in [1.29, 1.82) is 0 Å². The van der Waals surface area contributed by atoms with Crippen molar-refractivity contribution in [3.05, 3.63) is 0 Å². The van der Waals surface area contributed by atoms with Crippen molar-refractivity contribution in [1.82, 2.24) is 0 Å². The average molecular weight is 151 g/mol. The standard InChI is InChI=1S/C7H15ClO/c1-3-6(2)4-7(8)5-9/h6-7,9H,3-5H2,1-2H3/t6-,7?/m0/s1. The van der Waals surface area contributed by atoms with E-state index in [2.05, 4.69) is 13.8 Å². The first-order valence-electron chi connectivity index (χ1n) is 3.45. The van der Waals surface area contributed by atoms with Gasteiger partial charge < -0.3 is 5.11 Å². The summed E-state index contributed by atoms with van der Waals surface area (Å²) in [5, 5.41) is 8.51. The summed E-state index contributed by atoms with van der Waals surface area (Å²) >= 11 is 5.69. The van der Waals surface area contributed by atoms with E-state index in [4.69, 9.17) is 16.7 Å². The first kappa shape index (κ1) is 9.25. The maximum Gasteiger partial charge on any atom is 0.0595 e. The molecule has 2 heteroatoms. The summed E-state index contributed by atoms with van der Waals surface area (Å²) in [7, 11) is 0. The van der Waals surface area contributed by atoms with Crippen LogP contribution in [0.15, 0.2) is 0 Å². The lowest BCUT2D eigenvalue weighted by Gasteiger charge is -2.10. The monoisotopic (exact) mass is 150 g/mol. The molecule has 0 bridgehead atoms. The van der Waals surface area contributed by atoms with Crippen LogP contribution in [-0.4, -0.2) is 17.1 Å². The second-order valence-corrected chi connectivity index (χ2v) is 3.15. The van der Waals surface area contributed by atoms with Crippen molar-refractivity contribution >= 4 is 11.6 Å². The van der Waals surface area contributed by atoms with Crippen molar-refractivity contribution in [2.24, 2.45) is 5.92 Å². The average Bonchev–Trinajstić information content (AvgIpc) is 1.87. The van der Waals surface area contributed by atoms with Gasteiger partial charge in [0.15, 0.2) is 0 Å². The summed E-state index contributed by atoms with van der Waals surface area (Å²) in [6.45, 7) is 4.38. The van der Waals surface area contributed by atoms with Crippen LogP contribution in [0.4, 0.5) is 0 Å². The highest BCUT2D eigenvalue weighted by molar-refractivity contribution is 6.20. The van der Waals surface area contributed by atoms with Gasteiger partial charge in [0.1, 0.15) is 0 Å². The van der Waals surface area contributed by atoms with E-state index in [1.54, 1.807) is 0 Å². The summed E-state index contributed by atoms with van der Waals surface area (Å²) in [5.41, 5.74) is 0. The lowest BCUT2D eigenvalue weighted by atomic mass is 10.0. The largest absolute Gasteiger partial charge is 0.395 e. The molecule has 0 rings (SSSR count). The van der Waals surface area contributed by atoms with Crippen molar-refractivity contribution < 1.29 is 5.11 Å². The summed E-state index contributed by atoms with van der Waals surface area (Å²) in [6, 6.07) is 0. The van der Waals surface area contributed by atoms with Gasteiger partial charge in [0, 0.05) is 0 Å². The Morgan fingerprint density at radius 2 is 2.11 bits per heavy atom. The van der Waals surface area contributed by atoms with Gasteiger partial charge in [-0.3, -0.25) is 0 Å². The molecule has 0 amide bonds. The Labute approximate surface area is 62.0 Å². The van der Waals surface area contributed by atoms with Crippen molar-refractivity contribution in [2.45, 2.75) is 32.1 Å². The summed E-state index contributed by atoms with van der Waals surface area (Å²) in [6.07, 6.45) is 2.07. The molecule has 56 valence electrons. The van der Waals surface area contributed by atoms with Crippen LogP contribution >= 0.6 is 11.6 Å². The van der Waals surface area contributed by atoms with Gasteiger partial charge in [0.2, 0.25) is 0 Å². The van der Waals surface area contributed by atoms with E-state index in [-0.39, 0.29) is 12.0 Å². The summed E-state index contributed by atoms with van der Waals surface area (Å²) < 4.78 is 0. The molecule has 1 N–H and O–H groups in total. The number of aliphatic hydroxyl groups is 1. The molecule has 0 fully saturated rings. The number of aliphatic hydroxyl groups excluding tert-OH is 1. The van der Waals surface area contributed by atoms with Crippen LogP contribution in [-0.2, 0) is 0 Å². The molecule has 0 saturated heterocycles. The zero-order valence-corrected chi connectivity index (χ0v) is 6.86. The summed E-state index contributed by atoms with van der Waals surface area (Å²) in [5.74, 6) is 0.639. The maximum absolute atomic E-state index is 8.55. The van der Waals surface area contributed by atoms with Gasteiger partial charge in [-0.2, -0.15) is 0 Å². The van der Waals surface area contributed by atoms with E-state index in [1.807, 2.05) is 0 Å². The molecule has 0 saturated carbocycles. The third-order valence-corrected chi connectivity index (χ3v) is 1.87. The van der Waals surface area contributed by atoms with Crippen molar-refractivity contribution in [2.75, 3.05) is 6.61 Å². The Hall–Kier alpha value is 0.250. The number of halogens is 1. The van der Waals surface area contributed by atoms with Gasteiger partial charge >= 0.3 is 0 Å². The molecule has 0 aliphatic rings. The van der Waals surface area contributed by atoms with Crippen LogP contribution in [0.3, 0.4) is 0 Å². The summed E-state index contributed by atoms with van der Waals surface area (Å²) in [4.78, 5) is 0. The number of hydrogen-bond donors (Lipinski definition) is 1. The topological polar surface area (TPSA) is 20.2 Å². The van der Waals surface area contributed by atoms with E-state index in [9.17, 15) is 0 Å². The molecule has 0 aliphatic heterocycles. The predicted molar refractivity (Wildman–Crippen MR) is 40.8 cm³/mol. The Bertz CT molecular complexity index is 57.9. The maximum atomic E-state index is 8.55. The lowest BCUT2D eigenvalue weighted by Crippen LogP contribution is -2.09. The first-order valence-corrected chi connectivity index (χ1v) is 3.89. The smallest absolute Gasteiger partial charge is 0.0595 e. The molecule has 1 unspecified atom stereocenters. The number of rotatable bonds is 4. The van der Waals surface area contributed by atoms with Crippen LogP contribution < -0.4 is 0 Å². The highest BCUT2D eigenvalue weighted by Gasteiger charge is 2.06. The van der Waals surface area contributed by atoms with Crippen LogP contribution in [0.25, 0.3) is 0 Å². The fourth-order valence-electron chi connectivity index (χ4n) is 0.678. The third kappa shape index (κ3) is 4.73. The highest BCUT2D eigenvalue weighted by Crippen LogP contribution is 2.13. The van der Waals surface area contributed by atoms with Crippen LogP contribution in [0.5, 0.6) is 0 Å². The minimum Gasteiger partial charge on any atom is -0.395 e. The van der Waals surface area contributed by atoms with Gasteiger partial charge in [-0.1, -0.05) is 20.3 Å². The lowest BCUT2D eigenvalue weighted by molar-refractivity contribution is 0.277. The highest BCUT2D eigenvalue weighted by atomic mass is 35.5. The van der Waals surface area contributed by atoms with E-state index >= 15 is 0 Å². The fourth-order valence-corrected chi connectivity index (χ4v) is 0.982. The fraction of sp³-hybridized carbons (Fsp3) is 1.00. The molecule has 0 aliphatic carbocycles. The Morgan fingerprint density at radius 1 is 1.56 bits per heavy atom. The SMILES string of the molecule is CC[C@H](C)CC(Cl)CO. The minimum absolute atomic E-state index is 0.0417. The van der Waals surface area contributed by atoms with E-state index in [0.717, 1.165) is 12.8 Å². The van der Waals surface area contributed by atoms with Crippen LogP contribution in [0.2, 0.25) is 0 Å². The number of alkyl halides is 1. The van der Waals surface area contributed by atoms with Crippen molar-refractivity contribution in [3.8, 4) is 0 Å². The first-order chi connectivity index (χ1) is 4.20. The Balaban J connectivity index is 3.22. The second-order valence-electron chi connectivity index (χ2n) is 2.53. The predicted octanol–water partition coefficient (Wildman–Crippen LogP) is 2.02. The van der Waals surface area contributed by atoms with Gasteiger partial charge in [-0.25, -0.2) is 0 Å². The molecule has 0 spiro atoms. The zero-order valence-electron chi connectivity index (χ0n) is 6.10. The number of hydrogen-bond acceptors (Lipinski definition) is 1. The molecular formula is C7H15ClO. The quantitative estimate of drug-likeness (QED) is 0.608. The Kier molecular flexibility index (Phi) is 5.21. The van der Waals surface area contributed by atoms with E-state index in [0.29, 0.717) is 5.92 Å². The van der Waals surface area contributed by atoms with Gasteiger partial charge in [0.05, 0.1) is 12.0 Å². The zero-order chi connectivity index (χ0) is 7.28. The van der Waals surface area contributed by atoms with Crippen LogP contribution in [0.1, 0.15) is 26.7 Å². The normalized spacial score (nSPS) is 17.3. The molecule has 1 nitrogen and oxygen atoms in total. The van der Waals surface area contributed by atoms with Crippen LogP contribution in [0, 0.1) is 5.92 Å². The second kappa shape index (κ2) is 5.07. The van der Waals surface area contributed by atoms with Gasteiger partial charge in [-0.15, -0.1) is 11.6 Å². The molecular weight excluding hydrogens is 136 g/mol. The van der Waals surface area contributed by atoms with Gasteiger partial charge in [-0.05, 0) is 12.3 Å². The van der Waals surface area contributed by atoms with E-state index in [1.165, 1.54) is 0 Å². The molecule has 0 heterocycles. The molecule has 0 radical (unpaired) electrons. The van der Waals surface area contributed by atoms with Gasteiger partial charge in [0.25, 0.3) is 0 Å². The van der Waals surface area contributed by atoms with E-state index < -0.39 is 0 Å². The molecule has 0 aromatic rings. The molecule has 0 aromatic carbocycles.